The molecule has 0 atom stereocenters. The molecule has 1 aliphatic rings. The summed E-state index contributed by atoms with van der Waals surface area (Å²) in [7, 11) is 0. The fraction of sp³-hybridized carbons (Fsp3) is 0.261. The fourth-order valence-electron chi connectivity index (χ4n) is 3.48. The molecule has 1 N–H and O–H groups in total. The van der Waals surface area contributed by atoms with Crippen molar-refractivity contribution in [2.24, 2.45) is 0 Å². The lowest BCUT2D eigenvalue weighted by molar-refractivity contribution is 0.191. The minimum absolute atomic E-state index is 0.121. The Bertz CT molecular complexity index is 1060. The summed E-state index contributed by atoms with van der Waals surface area (Å²) in [5.41, 5.74) is 4.87. The maximum Gasteiger partial charge on any atom is 0.317 e. The summed E-state index contributed by atoms with van der Waals surface area (Å²) in [4.78, 5) is 26.8. The normalized spacial score (nSPS) is 13.1. The third kappa shape index (κ3) is 4.54. The van der Waals surface area contributed by atoms with Crippen LogP contribution in [0.15, 0.2) is 65.5 Å². The van der Waals surface area contributed by atoms with E-state index >= 15 is 0 Å². The second-order valence-corrected chi connectivity index (χ2v) is 7.41. The zero-order valence-electron chi connectivity index (χ0n) is 16.5. The van der Waals surface area contributed by atoms with E-state index in [1.165, 1.54) is 10.2 Å². The van der Waals surface area contributed by atoms with Gasteiger partial charge in [0.15, 0.2) is 0 Å². The van der Waals surface area contributed by atoms with E-state index in [4.69, 9.17) is 0 Å². The van der Waals surface area contributed by atoms with Gasteiger partial charge in [0.2, 0.25) is 0 Å². The van der Waals surface area contributed by atoms with Crippen molar-refractivity contribution in [3.63, 3.8) is 0 Å². The molecule has 0 saturated carbocycles. The Hall–Kier alpha value is -3.41. The molecule has 148 valence electrons. The smallest absolute Gasteiger partial charge is 0.317 e. The van der Waals surface area contributed by atoms with Gasteiger partial charge in [-0.25, -0.2) is 9.48 Å². The van der Waals surface area contributed by atoms with Crippen LogP contribution in [-0.2, 0) is 26.1 Å². The quantitative estimate of drug-likeness (QED) is 0.747. The summed E-state index contributed by atoms with van der Waals surface area (Å²) >= 11 is 0. The first-order chi connectivity index (χ1) is 14.1. The van der Waals surface area contributed by atoms with E-state index in [2.05, 4.69) is 10.4 Å². The molecule has 1 aromatic heterocycles. The predicted molar refractivity (Wildman–Crippen MR) is 112 cm³/mol. The SMILES string of the molecule is Cc1ccc(CNC(=O)N2CCc3nn(Cc4ccccc4)c(=O)cc3C2)cc1. The molecule has 4 rings (SSSR count). The van der Waals surface area contributed by atoms with Crippen LogP contribution >= 0.6 is 0 Å². The molecule has 0 fully saturated rings. The Morgan fingerprint density at radius 1 is 1.07 bits per heavy atom. The van der Waals surface area contributed by atoms with E-state index < -0.39 is 0 Å². The van der Waals surface area contributed by atoms with Gasteiger partial charge in [-0.15, -0.1) is 0 Å². The van der Waals surface area contributed by atoms with Gasteiger partial charge in [-0.05, 0) is 18.1 Å². The number of urea groups is 1. The Morgan fingerprint density at radius 2 is 1.83 bits per heavy atom. The van der Waals surface area contributed by atoms with E-state index in [-0.39, 0.29) is 11.6 Å². The standard InChI is InChI=1S/C23H24N4O2/c1-17-7-9-18(10-8-17)14-24-23(29)26-12-11-21-20(16-26)13-22(28)27(25-21)15-19-5-3-2-4-6-19/h2-10,13H,11-12,14-16H2,1H3,(H,24,29). The largest absolute Gasteiger partial charge is 0.334 e. The number of aryl methyl sites for hydroxylation is 1. The first kappa shape index (κ1) is 18.9. The van der Waals surface area contributed by atoms with Crippen LogP contribution in [0.4, 0.5) is 4.79 Å². The molecule has 2 aromatic carbocycles. The number of benzene rings is 2. The van der Waals surface area contributed by atoms with Crippen molar-refractivity contribution in [2.45, 2.75) is 33.0 Å². The number of rotatable bonds is 4. The van der Waals surface area contributed by atoms with Crippen LogP contribution in [0.3, 0.4) is 0 Å². The van der Waals surface area contributed by atoms with Gasteiger partial charge in [0, 0.05) is 37.7 Å². The molecule has 0 radical (unpaired) electrons. The highest BCUT2D eigenvalue weighted by Crippen LogP contribution is 2.16. The number of fused-ring (bicyclic) bond motifs is 1. The highest BCUT2D eigenvalue weighted by molar-refractivity contribution is 5.74. The number of carbonyl (C=O) groups is 1. The number of hydrogen-bond acceptors (Lipinski definition) is 3. The van der Waals surface area contributed by atoms with Gasteiger partial charge < -0.3 is 10.2 Å². The zero-order valence-corrected chi connectivity index (χ0v) is 16.5. The van der Waals surface area contributed by atoms with Crippen molar-refractivity contribution in [1.29, 1.82) is 0 Å². The van der Waals surface area contributed by atoms with Gasteiger partial charge in [-0.1, -0.05) is 60.2 Å². The summed E-state index contributed by atoms with van der Waals surface area (Å²) in [6, 6.07) is 19.4. The Balaban J connectivity index is 1.41. The van der Waals surface area contributed by atoms with Crippen LogP contribution in [-0.4, -0.2) is 27.3 Å². The van der Waals surface area contributed by atoms with Crippen molar-refractivity contribution < 1.29 is 4.79 Å². The van der Waals surface area contributed by atoms with Crippen LogP contribution in [0.2, 0.25) is 0 Å². The highest BCUT2D eigenvalue weighted by Gasteiger charge is 2.22. The van der Waals surface area contributed by atoms with E-state index in [1.54, 1.807) is 11.0 Å². The Morgan fingerprint density at radius 3 is 2.59 bits per heavy atom. The lowest BCUT2D eigenvalue weighted by Crippen LogP contribution is -2.43. The summed E-state index contributed by atoms with van der Waals surface area (Å²) in [5, 5.41) is 7.51. The molecule has 3 aromatic rings. The minimum atomic E-state index is -0.144. The number of aromatic nitrogens is 2. The number of carbonyl (C=O) groups excluding carboxylic acids is 1. The third-order valence-electron chi connectivity index (χ3n) is 5.17. The van der Waals surface area contributed by atoms with Gasteiger partial charge >= 0.3 is 6.03 Å². The van der Waals surface area contributed by atoms with Crippen molar-refractivity contribution in [3.05, 3.63) is 99.0 Å². The van der Waals surface area contributed by atoms with Crippen LogP contribution in [0.5, 0.6) is 0 Å². The lowest BCUT2D eigenvalue weighted by Gasteiger charge is -2.28. The Labute approximate surface area is 169 Å². The van der Waals surface area contributed by atoms with E-state index in [0.29, 0.717) is 32.6 Å². The van der Waals surface area contributed by atoms with Crippen LogP contribution in [0.1, 0.15) is 27.9 Å². The second kappa shape index (κ2) is 8.31. The summed E-state index contributed by atoms with van der Waals surface area (Å²) in [6.45, 7) is 3.97. The van der Waals surface area contributed by atoms with Gasteiger partial charge in [-0.2, -0.15) is 5.10 Å². The fourth-order valence-corrected chi connectivity index (χ4v) is 3.48. The number of nitrogens with one attached hydrogen (secondary N) is 1. The van der Waals surface area contributed by atoms with Gasteiger partial charge in [0.1, 0.15) is 0 Å². The van der Waals surface area contributed by atoms with Crippen LogP contribution in [0.25, 0.3) is 0 Å². The molecule has 0 unspecified atom stereocenters. The summed E-state index contributed by atoms with van der Waals surface area (Å²) in [5.74, 6) is 0. The first-order valence-electron chi connectivity index (χ1n) is 9.80. The number of amides is 2. The molecule has 6 heteroatoms. The van der Waals surface area contributed by atoms with E-state index in [1.807, 2.05) is 61.5 Å². The van der Waals surface area contributed by atoms with Gasteiger partial charge in [0.25, 0.3) is 5.56 Å². The minimum Gasteiger partial charge on any atom is -0.334 e. The van der Waals surface area contributed by atoms with Crippen molar-refractivity contribution in [3.8, 4) is 0 Å². The third-order valence-corrected chi connectivity index (χ3v) is 5.17. The molecule has 6 nitrogen and oxygen atoms in total. The average Bonchev–Trinajstić information content (AvgIpc) is 2.74. The molecule has 0 spiro atoms. The Kier molecular flexibility index (Phi) is 5.42. The van der Waals surface area contributed by atoms with Gasteiger partial charge in [-0.3, -0.25) is 4.79 Å². The molecule has 1 aliphatic heterocycles. The van der Waals surface area contributed by atoms with Crippen molar-refractivity contribution in [2.75, 3.05) is 6.54 Å². The molecular formula is C23H24N4O2. The molecule has 0 aliphatic carbocycles. The van der Waals surface area contributed by atoms with Gasteiger partial charge in [0.05, 0.1) is 12.2 Å². The zero-order chi connectivity index (χ0) is 20.2. The van der Waals surface area contributed by atoms with Crippen molar-refractivity contribution in [1.82, 2.24) is 20.0 Å². The first-order valence-corrected chi connectivity index (χ1v) is 9.80. The molecule has 2 heterocycles. The van der Waals surface area contributed by atoms with E-state index in [0.717, 1.165) is 22.4 Å². The average molecular weight is 388 g/mol. The number of nitrogens with zero attached hydrogens (tertiary/aromatic N) is 3. The maximum absolute atomic E-state index is 12.6. The second-order valence-electron chi connectivity index (χ2n) is 7.41. The predicted octanol–water partition coefficient (Wildman–Crippen LogP) is 2.87. The topological polar surface area (TPSA) is 67.2 Å². The van der Waals surface area contributed by atoms with Crippen LogP contribution in [0, 0.1) is 6.92 Å². The summed E-state index contributed by atoms with van der Waals surface area (Å²) in [6.07, 6.45) is 0.641. The van der Waals surface area contributed by atoms with Crippen LogP contribution < -0.4 is 10.9 Å². The molecular weight excluding hydrogens is 364 g/mol. The molecule has 29 heavy (non-hydrogen) atoms. The van der Waals surface area contributed by atoms with Crippen molar-refractivity contribution >= 4 is 6.03 Å². The summed E-state index contributed by atoms with van der Waals surface area (Å²) < 4.78 is 1.50. The highest BCUT2D eigenvalue weighted by atomic mass is 16.2. The number of hydrogen-bond donors (Lipinski definition) is 1. The molecule has 2 amide bonds. The molecule has 0 saturated heterocycles. The maximum atomic E-state index is 12.6. The monoisotopic (exact) mass is 388 g/mol. The molecule has 0 bridgehead atoms. The van der Waals surface area contributed by atoms with E-state index in [9.17, 15) is 9.59 Å². The lowest BCUT2D eigenvalue weighted by atomic mass is 10.1.